The van der Waals surface area contributed by atoms with Crippen LogP contribution in [0.15, 0.2) is 132 Å². The number of benzene rings is 7. The van der Waals surface area contributed by atoms with E-state index in [1.165, 1.54) is 32.7 Å². The van der Waals surface area contributed by atoms with Gasteiger partial charge in [0.2, 0.25) is 0 Å². The van der Waals surface area contributed by atoms with Crippen LogP contribution in [0.25, 0.3) is 88.4 Å². The summed E-state index contributed by atoms with van der Waals surface area (Å²) in [6.45, 7) is 8.88. The van der Waals surface area contributed by atoms with Gasteiger partial charge in [0.05, 0.1) is 5.56 Å². The maximum atomic E-state index is 6.45. The van der Waals surface area contributed by atoms with Gasteiger partial charge in [-0.2, -0.15) is 0 Å². The minimum Gasteiger partial charge on any atom is -0.455 e. The van der Waals surface area contributed by atoms with E-state index in [1.54, 1.807) is 0 Å². The first-order chi connectivity index (χ1) is 23.3. The Kier molecular flexibility index (Phi) is 6.25. The molecule has 0 radical (unpaired) electrons. The first kappa shape index (κ1) is 28.4. The lowest BCUT2D eigenvalue weighted by Gasteiger charge is -2.19. The molecule has 48 heavy (non-hydrogen) atoms. The fourth-order valence-electron chi connectivity index (χ4n) is 6.92. The Hall–Kier alpha value is -5.87. The van der Waals surface area contributed by atoms with Gasteiger partial charge in [0, 0.05) is 21.9 Å². The SMILES string of the molecule is Cc1ccc2ccc3c(-c4nc(-c5ccc6cc(C(C)(C)C)ccc6c5)nc(-c5cccc6c5oc5ccccc56)n4)cccc3c2c1. The minimum absolute atomic E-state index is 0.0744. The van der Waals surface area contributed by atoms with Crippen LogP contribution in [0.2, 0.25) is 0 Å². The van der Waals surface area contributed by atoms with Crippen LogP contribution in [0.4, 0.5) is 0 Å². The van der Waals surface area contributed by atoms with Crippen molar-refractivity contribution in [2.75, 3.05) is 0 Å². The van der Waals surface area contributed by atoms with Gasteiger partial charge in [-0.1, -0.05) is 136 Å². The van der Waals surface area contributed by atoms with Gasteiger partial charge >= 0.3 is 0 Å². The molecule has 2 heterocycles. The van der Waals surface area contributed by atoms with Crippen molar-refractivity contribution in [2.24, 2.45) is 0 Å². The highest BCUT2D eigenvalue weighted by atomic mass is 16.3. The third-order valence-corrected chi connectivity index (χ3v) is 9.52. The van der Waals surface area contributed by atoms with Crippen LogP contribution in [-0.4, -0.2) is 15.0 Å². The highest BCUT2D eigenvalue weighted by Crippen LogP contribution is 2.38. The van der Waals surface area contributed by atoms with Gasteiger partial charge in [-0.3, -0.25) is 0 Å². The average molecular weight is 620 g/mol. The fraction of sp³-hybridized carbons (Fsp3) is 0.114. The molecule has 0 fully saturated rings. The molecular weight excluding hydrogens is 587 g/mol. The van der Waals surface area contributed by atoms with Crippen LogP contribution < -0.4 is 0 Å². The van der Waals surface area contributed by atoms with Gasteiger partial charge in [0.25, 0.3) is 0 Å². The summed E-state index contributed by atoms with van der Waals surface area (Å²) in [7, 11) is 0. The number of hydrogen-bond donors (Lipinski definition) is 0. The Balaban J connectivity index is 1.30. The summed E-state index contributed by atoms with van der Waals surface area (Å²) >= 11 is 0. The third kappa shape index (κ3) is 4.64. The van der Waals surface area contributed by atoms with E-state index in [-0.39, 0.29) is 5.41 Å². The zero-order valence-corrected chi connectivity index (χ0v) is 27.4. The van der Waals surface area contributed by atoms with Crippen LogP contribution in [0.3, 0.4) is 0 Å². The largest absolute Gasteiger partial charge is 0.455 e. The molecule has 0 saturated heterocycles. The van der Waals surface area contributed by atoms with Crippen LogP contribution in [0.1, 0.15) is 31.9 Å². The van der Waals surface area contributed by atoms with E-state index < -0.39 is 0 Å². The zero-order chi connectivity index (χ0) is 32.6. The Labute approximate surface area is 278 Å². The second-order valence-electron chi connectivity index (χ2n) is 13.8. The van der Waals surface area contributed by atoms with Crippen molar-refractivity contribution >= 4 is 54.3 Å². The summed E-state index contributed by atoms with van der Waals surface area (Å²) in [5.74, 6) is 1.83. The quantitative estimate of drug-likeness (QED) is 0.185. The van der Waals surface area contributed by atoms with Gasteiger partial charge in [0.1, 0.15) is 11.2 Å². The standard InChI is InChI=1S/C44H33N3O/c1-26-15-16-27-20-22-33-32(38(27)23-26)10-7-12-36(33)42-45-41(30-18-17-29-25-31(44(2,3)4)21-19-28(29)24-30)46-43(47-42)37-13-8-11-35-34-9-5-6-14-39(34)48-40(35)37/h5-25H,1-4H3. The molecule has 0 spiro atoms. The van der Waals surface area contributed by atoms with Gasteiger partial charge in [0.15, 0.2) is 17.5 Å². The van der Waals surface area contributed by atoms with Crippen LogP contribution in [0.5, 0.6) is 0 Å². The van der Waals surface area contributed by atoms with Crippen molar-refractivity contribution in [3.05, 3.63) is 139 Å². The molecule has 2 aromatic heterocycles. The van der Waals surface area contributed by atoms with Crippen molar-refractivity contribution in [3.63, 3.8) is 0 Å². The van der Waals surface area contributed by atoms with Crippen molar-refractivity contribution in [2.45, 2.75) is 33.1 Å². The topological polar surface area (TPSA) is 51.8 Å². The molecule has 0 N–H and O–H groups in total. The minimum atomic E-state index is 0.0744. The lowest BCUT2D eigenvalue weighted by molar-refractivity contribution is 0.591. The summed E-state index contributed by atoms with van der Waals surface area (Å²) < 4.78 is 6.45. The van der Waals surface area contributed by atoms with E-state index in [9.17, 15) is 0 Å². The number of nitrogens with zero attached hydrogens (tertiary/aromatic N) is 3. The van der Waals surface area contributed by atoms with E-state index in [2.05, 4.69) is 131 Å². The third-order valence-electron chi connectivity index (χ3n) is 9.52. The van der Waals surface area contributed by atoms with E-state index in [1.807, 2.05) is 24.3 Å². The van der Waals surface area contributed by atoms with Crippen molar-refractivity contribution in [1.82, 2.24) is 15.0 Å². The van der Waals surface area contributed by atoms with E-state index in [4.69, 9.17) is 19.4 Å². The van der Waals surface area contributed by atoms with Gasteiger partial charge < -0.3 is 4.42 Å². The predicted molar refractivity (Wildman–Crippen MR) is 199 cm³/mol. The van der Waals surface area contributed by atoms with Crippen molar-refractivity contribution < 1.29 is 4.42 Å². The molecule has 9 rings (SSSR count). The van der Waals surface area contributed by atoms with E-state index in [0.717, 1.165) is 49.4 Å². The smallest absolute Gasteiger partial charge is 0.167 e. The molecule has 0 aliphatic carbocycles. The van der Waals surface area contributed by atoms with Crippen LogP contribution >= 0.6 is 0 Å². The molecule has 0 unspecified atom stereocenters. The second-order valence-corrected chi connectivity index (χ2v) is 13.8. The zero-order valence-electron chi connectivity index (χ0n) is 27.4. The molecule has 4 heteroatoms. The fourth-order valence-corrected chi connectivity index (χ4v) is 6.92. The molecule has 4 nitrogen and oxygen atoms in total. The normalized spacial score (nSPS) is 12.2. The molecule has 0 amide bonds. The van der Waals surface area contributed by atoms with Crippen LogP contribution in [0, 0.1) is 6.92 Å². The number of fused-ring (bicyclic) bond motifs is 7. The van der Waals surface area contributed by atoms with Crippen molar-refractivity contribution in [1.29, 1.82) is 0 Å². The Morgan fingerprint density at radius 1 is 0.479 bits per heavy atom. The summed E-state index contributed by atoms with van der Waals surface area (Å²) in [6, 6.07) is 44.9. The number of furan rings is 1. The van der Waals surface area contributed by atoms with Gasteiger partial charge in [-0.05, 0) is 68.4 Å². The number of para-hydroxylation sites is 2. The summed E-state index contributed by atoms with van der Waals surface area (Å²) in [4.78, 5) is 15.5. The lowest BCUT2D eigenvalue weighted by Crippen LogP contribution is -2.10. The molecule has 0 bridgehead atoms. The molecule has 0 aliphatic heterocycles. The molecule has 9 aromatic rings. The van der Waals surface area contributed by atoms with Gasteiger partial charge in [-0.15, -0.1) is 0 Å². The first-order valence-electron chi connectivity index (χ1n) is 16.4. The summed E-state index contributed by atoms with van der Waals surface area (Å²) in [5.41, 5.74) is 6.97. The number of aromatic nitrogens is 3. The average Bonchev–Trinajstić information content (AvgIpc) is 3.49. The molecule has 7 aromatic carbocycles. The monoisotopic (exact) mass is 619 g/mol. The molecule has 0 atom stereocenters. The van der Waals surface area contributed by atoms with Crippen molar-refractivity contribution in [3.8, 4) is 34.2 Å². The summed E-state index contributed by atoms with van der Waals surface area (Å²) in [5, 5.41) is 9.18. The molecule has 230 valence electrons. The maximum Gasteiger partial charge on any atom is 0.167 e. The van der Waals surface area contributed by atoms with E-state index >= 15 is 0 Å². The van der Waals surface area contributed by atoms with Crippen LogP contribution in [-0.2, 0) is 5.41 Å². The number of aryl methyl sites for hydroxylation is 1. The molecule has 0 aliphatic rings. The Morgan fingerprint density at radius 2 is 1.15 bits per heavy atom. The lowest BCUT2D eigenvalue weighted by atomic mass is 9.86. The second kappa shape index (κ2) is 10.6. The highest BCUT2D eigenvalue weighted by Gasteiger charge is 2.20. The molecule has 0 saturated carbocycles. The Bertz CT molecular complexity index is 2730. The maximum absolute atomic E-state index is 6.45. The first-order valence-corrected chi connectivity index (χ1v) is 16.4. The van der Waals surface area contributed by atoms with Gasteiger partial charge in [-0.25, -0.2) is 15.0 Å². The highest BCUT2D eigenvalue weighted by molar-refractivity contribution is 6.12. The Morgan fingerprint density at radius 3 is 2.00 bits per heavy atom. The summed E-state index contributed by atoms with van der Waals surface area (Å²) in [6.07, 6.45) is 0. The molecular formula is C44H33N3O. The predicted octanol–water partition coefficient (Wildman–Crippen LogP) is 11.8. The van der Waals surface area contributed by atoms with E-state index in [0.29, 0.717) is 17.5 Å². The number of rotatable bonds is 3. The number of hydrogen-bond acceptors (Lipinski definition) is 4.